The fourth-order valence-electron chi connectivity index (χ4n) is 5.53. The second kappa shape index (κ2) is 11.6. The highest BCUT2D eigenvalue weighted by Crippen LogP contribution is 2.53. The van der Waals surface area contributed by atoms with Crippen LogP contribution in [0.15, 0.2) is 22.7 Å². The molecule has 1 aromatic carbocycles. The summed E-state index contributed by atoms with van der Waals surface area (Å²) in [5, 5.41) is 17.6. The molecule has 1 heterocycles. The first-order valence-electron chi connectivity index (χ1n) is 13.3. The van der Waals surface area contributed by atoms with E-state index < -0.39 is 0 Å². The number of hydrogen-bond donors (Lipinski definition) is 2. The lowest BCUT2D eigenvalue weighted by atomic mass is 9.66. The van der Waals surface area contributed by atoms with Gasteiger partial charge in [-0.25, -0.2) is 0 Å². The van der Waals surface area contributed by atoms with Crippen LogP contribution < -0.4 is 5.32 Å². The standard InChI is InChI=1S/C29H39ClN2O5/c1-17-5-9-23(22(30)11-17)31-24(34)14-20(8-10-25(35)36-4)27-26(19-6-7-19)28(37-32-27)21-12-18(13-21)15-29(2,3)16-33/h5,9,11,18-21,33H,6-8,10,12-16H2,1-4H3,(H,31,34)/t18-,20-,21+/m0/s1. The first-order chi connectivity index (χ1) is 17.6. The molecule has 0 unspecified atom stereocenters. The monoisotopic (exact) mass is 530 g/mol. The van der Waals surface area contributed by atoms with Crippen LogP contribution in [0.5, 0.6) is 0 Å². The molecule has 8 heteroatoms. The molecule has 7 nitrogen and oxygen atoms in total. The number of nitrogens with zero attached hydrogens (tertiary/aromatic N) is 1. The van der Waals surface area contributed by atoms with Gasteiger partial charge in [0, 0.05) is 36.8 Å². The Morgan fingerprint density at radius 3 is 2.62 bits per heavy atom. The Labute approximate surface area is 224 Å². The molecule has 0 aliphatic heterocycles. The average molecular weight is 531 g/mol. The number of anilines is 1. The molecule has 0 spiro atoms. The normalized spacial score (nSPS) is 20.3. The maximum Gasteiger partial charge on any atom is 0.305 e. The minimum atomic E-state index is -0.308. The Hall–Kier alpha value is -2.38. The van der Waals surface area contributed by atoms with E-state index >= 15 is 0 Å². The predicted octanol–water partition coefficient (Wildman–Crippen LogP) is 6.48. The number of halogens is 1. The van der Waals surface area contributed by atoms with E-state index in [0.29, 0.717) is 34.9 Å². The topological polar surface area (TPSA) is 102 Å². The predicted molar refractivity (Wildman–Crippen MR) is 143 cm³/mol. The van der Waals surface area contributed by atoms with Crippen molar-refractivity contribution < 1.29 is 24.0 Å². The lowest BCUT2D eigenvalue weighted by Crippen LogP contribution is -2.29. The van der Waals surface area contributed by atoms with Crippen molar-refractivity contribution in [3.8, 4) is 0 Å². The molecule has 0 radical (unpaired) electrons. The van der Waals surface area contributed by atoms with Crippen molar-refractivity contribution in [1.82, 2.24) is 5.16 Å². The third-order valence-electron chi connectivity index (χ3n) is 7.79. The van der Waals surface area contributed by atoms with Crippen LogP contribution >= 0.6 is 11.6 Å². The molecule has 202 valence electrons. The summed E-state index contributed by atoms with van der Waals surface area (Å²) in [5.74, 6) is 1.49. The number of carbonyl (C=O) groups is 2. The number of aryl methyl sites for hydroxylation is 1. The number of benzene rings is 1. The number of nitrogens with one attached hydrogen (secondary N) is 1. The van der Waals surface area contributed by atoms with E-state index in [0.717, 1.165) is 54.7 Å². The Morgan fingerprint density at radius 1 is 1.27 bits per heavy atom. The highest BCUT2D eigenvalue weighted by molar-refractivity contribution is 6.33. The quantitative estimate of drug-likeness (QED) is 0.304. The van der Waals surface area contributed by atoms with Crippen LogP contribution in [-0.2, 0) is 14.3 Å². The van der Waals surface area contributed by atoms with Gasteiger partial charge in [0.05, 0.1) is 23.5 Å². The molecule has 2 aromatic rings. The summed E-state index contributed by atoms with van der Waals surface area (Å²) in [4.78, 5) is 25.1. The summed E-state index contributed by atoms with van der Waals surface area (Å²) in [6.07, 6.45) is 6.04. The largest absolute Gasteiger partial charge is 0.469 e. The van der Waals surface area contributed by atoms with E-state index in [2.05, 4.69) is 24.3 Å². The van der Waals surface area contributed by atoms with Gasteiger partial charge in [0.25, 0.3) is 0 Å². The molecule has 2 aliphatic rings. The van der Waals surface area contributed by atoms with Crippen molar-refractivity contribution in [2.45, 2.75) is 89.9 Å². The molecule has 1 aromatic heterocycles. The van der Waals surface area contributed by atoms with Crippen LogP contribution in [0.2, 0.25) is 5.02 Å². The maximum absolute atomic E-state index is 13.1. The van der Waals surface area contributed by atoms with Crippen LogP contribution in [0.3, 0.4) is 0 Å². The third-order valence-corrected chi connectivity index (χ3v) is 8.10. The Kier molecular flexibility index (Phi) is 8.64. The van der Waals surface area contributed by atoms with Crippen LogP contribution in [0, 0.1) is 18.3 Å². The van der Waals surface area contributed by atoms with Gasteiger partial charge in [-0.15, -0.1) is 0 Å². The molecular weight excluding hydrogens is 492 g/mol. The number of aromatic nitrogens is 1. The van der Waals surface area contributed by atoms with Crippen molar-refractivity contribution in [2.24, 2.45) is 11.3 Å². The van der Waals surface area contributed by atoms with Crippen molar-refractivity contribution in [3.63, 3.8) is 0 Å². The number of esters is 1. The zero-order valence-corrected chi connectivity index (χ0v) is 23.1. The minimum absolute atomic E-state index is 0.0752. The number of aliphatic hydroxyl groups is 1. The van der Waals surface area contributed by atoms with E-state index in [1.54, 1.807) is 6.07 Å². The molecule has 0 bridgehead atoms. The van der Waals surface area contributed by atoms with Crippen LogP contribution in [-0.4, -0.2) is 35.9 Å². The smallest absolute Gasteiger partial charge is 0.305 e. The fraction of sp³-hybridized carbons (Fsp3) is 0.621. The number of amides is 1. The van der Waals surface area contributed by atoms with Gasteiger partial charge in [-0.3, -0.25) is 9.59 Å². The SMILES string of the molecule is COC(=O)CC[C@@H](CC(=O)Nc1ccc(C)cc1Cl)c1noc([C@H]2C[C@@H](CC(C)(C)CO)C2)c1C1CC1. The summed E-state index contributed by atoms with van der Waals surface area (Å²) >= 11 is 6.33. The highest BCUT2D eigenvalue weighted by atomic mass is 35.5. The number of carbonyl (C=O) groups excluding carboxylic acids is 2. The molecule has 2 aliphatic carbocycles. The van der Waals surface area contributed by atoms with E-state index in [4.69, 9.17) is 20.9 Å². The van der Waals surface area contributed by atoms with Gasteiger partial charge in [0.1, 0.15) is 5.76 Å². The second-order valence-electron chi connectivity index (χ2n) is 11.7. The van der Waals surface area contributed by atoms with Crippen molar-refractivity contribution in [3.05, 3.63) is 45.8 Å². The molecule has 37 heavy (non-hydrogen) atoms. The molecule has 1 atom stereocenters. The fourth-order valence-corrected chi connectivity index (χ4v) is 5.82. The Balaban J connectivity index is 1.51. The number of aliphatic hydroxyl groups excluding tert-OH is 1. The van der Waals surface area contributed by atoms with E-state index in [1.165, 1.54) is 7.11 Å². The van der Waals surface area contributed by atoms with Gasteiger partial charge in [-0.1, -0.05) is 36.7 Å². The zero-order chi connectivity index (χ0) is 26.7. The summed E-state index contributed by atoms with van der Waals surface area (Å²) in [6.45, 7) is 6.33. The van der Waals surface area contributed by atoms with Crippen LogP contribution in [0.1, 0.15) is 106 Å². The van der Waals surface area contributed by atoms with E-state index in [-0.39, 0.29) is 42.7 Å². The number of ether oxygens (including phenoxy) is 1. The summed E-state index contributed by atoms with van der Waals surface area (Å²) < 4.78 is 10.8. The van der Waals surface area contributed by atoms with Gasteiger partial charge in [0.2, 0.25) is 5.91 Å². The van der Waals surface area contributed by atoms with Crippen molar-refractivity contribution in [1.29, 1.82) is 0 Å². The second-order valence-corrected chi connectivity index (χ2v) is 12.1. The number of methoxy groups -OCH3 is 1. The van der Waals surface area contributed by atoms with Gasteiger partial charge in [-0.05, 0) is 80.4 Å². The Morgan fingerprint density at radius 2 is 2.00 bits per heavy atom. The van der Waals surface area contributed by atoms with Gasteiger partial charge >= 0.3 is 5.97 Å². The third kappa shape index (κ3) is 6.94. The van der Waals surface area contributed by atoms with E-state index in [1.807, 2.05) is 19.1 Å². The van der Waals surface area contributed by atoms with Gasteiger partial charge in [0.15, 0.2) is 0 Å². The number of hydrogen-bond acceptors (Lipinski definition) is 6. The molecule has 2 fully saturated rings. The summed E-state index contributed by atoms with van der Waals surface area (Å²) in [6, 6.07) is 5.52. The highest BCUT2D eigenvalue weighted by Gasteiger charge is 2.42. The molecule has 4 rings (SSSR count). The van der Waals surface area contributed by atoms with Crippen molar-refractivity contribution in [2.75, 3.05) is 19.0 Å². The van der Waals surface area contributed by atoms with Crippen molar-refractivity contribution >= 4 is 29.2 Å². The summed E-state index contributed by atoms with van der Waals surface area (Å²) in [5.41, 5.74) is 3.47. The van der Waals surface area contributed by atoms with E-state index in [9.17, 15) is 14.7 Å². The summed E-state index contributed by atoms with van der Waals surface area (Å²) in [7, 11) is 1.37. The minimum Gasteiger partial charge on any atom is -0.469 e. The Bertz CT molecular complexity index is 1120. The average Bonchev–Trinajstić information content (AvgIpc) is 3.58. The lowest BCUT2D eigenvalue weighted by molar-refractivity contribution is -0.141. The maximum atomic E-state index is 13.1. The first kappa shape index (κ1) is 27.6. The first-order valence-corrected chi connectivity index (χ1v) is 13.7. The van der Waals surface area contributed by atoms with Crippen LogP contribution in [0.4, 0.5) is 5.69 Å². The molecule has 2 N–H and O–H groups in total. The van der Waals surface area contributed by atoms with Gasteiger partial charge in [-0.2, -0.15) is 0 Å². The zero-order valence-electron chi connectivity index (χ0n) is 22.3. The molecule has 2 saturated carbocycles. The molecule has 0 saturated heterocycles. The molecule has 1 amide bonds. The number of rotatable bonds is 12. The van der Waals surface area contributed by atoms with Crippen LogP contribution in [0.25, 0.3) is 0 Å². The lowest BCUT2D eigenvalue weighted by Gasteiger charge is -2.38. The van der Waals surface area contributed by atoms with Gasteiger partial charge < -0.3 is 19.7 Å². The molecular formula is C29H39ClN2O5.